The van der Waals surface area contributed by atoms with Crippen LogP contribution in [0.15, 0.2) is 82.6 Å². The van der Waals surface area contributed by atoms with E-state index in [1.54, 1.807) is 0 Å². The van der Waals surface area contributed by atoms with Crippen LogP contribution < -0.4 is 0 Å². The van der Waals surface area contributed by atoms with E-state index in [-0.39, 0.29) is 5.92 Å². The Morgan fingerprint density at radius 2 is 1.39 bits per heavy atom. The van der Waals surface area contributed by atoms with Gasteiger partial charge >= 0.3 is 0 Å². The van der Waals surface area contributed by atoms with Crippen LogP contribution in [-0.2, 0) is 0 Å². The molecule has 0 saturated heterocycles. The van der Waals surface area contributed by atoms with Gasteiger partial charge in [0.05, 0.1) is 0 Å². The molecule has 0 saturated carbocycles. The van der Waals surface area contributed by atoms with Gasteiger partial charge in [0.1, 0.15) is 0 Å². The van der Waals surface area contributed by atoms with Crippen LogP contribution in [0.25, 0.3) is 21.9 Å². The molecule has 136 valence electrons. The monoisotopic (exact) mass is 416 g/mol. The first kappa shape index (κ1) is 17.0. The minimum absolute atomic E-state index is 0.256. The summed E-state index contributed by atoms with van der Waals surface area (Å²) in [5.41, 5.74) is 7.05. The molecule has 1 aliphatic heterocycles. The van der Waals surface area contributed by atoms with Gasteiger partial charge in [0.25, 0.3) is 0 Å². The number of benzene rings is 4. The topological polar surface area (TPSA) is 0 Å². The van der Waals surface area contributed by atoms with E-state index in [1.165, 1.54) is 59.9 Å². The maximum Gasteiger partial charge on any atom is 0.0406 e. The fourth-order valence-electron chi connectivity index (χ4n) is 4.68. The summed E-state index contributed by atoms with van der Waals surface area (Å²) in [7, 11) is 0. The van der Waals surface area contributed by atoms with Crippen molar-refractivity contribution < 1.29 is 0 Å². The lowest BCUT2D eigenvalue weighted by atomic mass is 9.87. The molecule has 1 atom stereocenters. The van der Waals surface area contributed by atoms with Crippen molar-refractivity contribution in [2.75, 3.05) is 11.5 Å². The maximum absolute atomic E-state index is 6.20. The van der Waals surface area contributed by atoms with E-state index in [2.05, 4.69) is 60.7 Å². The Bertz CT molecular complexity index is 1230. The third kappa shape index (κ3) is 2.41. The van der Waals surface area contributed by atoms with Crippen molar-refractivity contribution in [3.8, 4) is 11.1 Å². The molecule has 0 spiro atoms. The molecule has 0 bridgehead atoms. The molecule has 4 aromatic rings. The van der Waals surface area contributed by atoms with E-state index < -0.39 is 0 Å². The van der Waals surface area contributed by atoms with Gasteiger partial charge in [-0.3, -0.25) is 0 Å². The molecule has 0 nitrogen and oxygen atoms in total. The Balaban J connectivity index is 1.76. The van der Waals surface area contributed by atoms with Gasteiger partial charge in [-0.1, -0.05) is 72.3 Å². The number of halogens is 1. The predicted molar refractivity (Wildman–Crippen MR) is 123 cm³/mol. The van der Waals surface area contributed by atoms with Gasteiger partial charge in [-0.2, -0.15) is 0 Å². The molecule has 0 radical (unpaired) electrons. The molecule has 0 fully saturated rings. The molecule has 4 aromatic carbocycles. The van der Waals surface area contributed by atoms with Crippen LogP contribution in [0.3, 0.4) is 0 Å². The number of hydrogen-bond acceptors (Lipinski definition) is 2. The number of thioether (sulfide) groups is 2. The van der Waals surface area contributed by atoms with Gasteiger partial charge in [0.2, 0.25) is 0 Å². The van der Waals surface area contributed by atoms with Crippen LogP contribution in [0.5, 0.6) is 0 Å². The van der Waals surface area contributed by atoms with Crippen molar-refractivity contribution in [2.24, 2.45) is 0 Å². The molecular weight excluding hydrogens is 400 g/mol. The second kappa shape index (κ2) is 6.59. The molecule has 28 heavy (non-hydrogen) atoms. The number of rotatable bonds is 1. The quantitative estimate of drug-likeness (QED) is 0.273. The Kier molecular flexibility index (Phi) is 4.01. The first-order chi connectivity index (χ1) is 13.8. The smallest absolute Gasteiger partial charge is 0.0406 e. The summed E-state index contributed by atoms with van der Waals surface area (Å²) in [6.45, 7) is 0. The van der Waals surface area contributed by atoms with E-state index in [0.717, 1.165) is 5.02 Å². The summed E-state index contributed by atoms with van der Waals surface area (Å²) in [6.07, 6.45) is 0. The molecular formula is C25H17ClS2. The molecule has 6 rings (SSSR count). The second-order valence-corrected chi connectivity index (χ2v) is 9.91. The normalized spacial score (nSPS) is 17.2. The van der Waals surface area contributed by atoms with Gasteiger partial charge in [0, 0.05) is 37.8 Å². The molecule has 1 aliphatic carbocycles. The minimum atomic E-state index is 0.256. The van der Waals surface area contributed by atoms with Gasteiger partial charge in [-0.15, -0.1) is 23.5 Å². The molecule has 0 N–H and O–H groups in total. The molecule has 0 amide bonds. The van der Waals surface area contributed by atoms with Gasteiger partial charge < -0.3 is 0 Å². The van der Waals surface area contributed by atoms with Gasteiger partial charge in [0.15, 0.2) is 0 Å². The molecule has 1 unspecified atom stereocenters. The van der Waals surface area contributed by atoms with Crippen molar-refractivity contribution in [3.63, 3.8) is 0 Å². The van der Waals surface area contributed by atoms with E-state index in [1.807, 2.05) is 35.7 Å². The lowest BCUT2D eigenvalue weighted by Gasteiger charge is -2.23. The SMILES string of the molecule is Clc1ccc(C2c3ccccc3-c3c4c(c5ccccc5c32)SCCS4)cc1. The fraction of sp³-hybridized carbons (Fsp3) is 0.120. The lowest BCUT2D eigenvalue weighted by molar-refractivity contribution is 1.02. The number of fused-ring (bicyclic) bond motifs is 8. The van der Waals surface area contributed by atoms with E-state index in [0.29, 0.717) is 0 Å². The molecule has 2 aliphatic rings. The van der Waals surface area contributed by atoms with Crippen LogP contribution in [0.2, 0.25) is 5.02 Å². The zero-order valence-electron chi connectivity index (χ0n) is 15.1. The van der Waals surface area contributed by atoms with Crippen LogP contribution in [-0.4, -0.2) is 11.5 Å². The third-order valence-electron chi connectivity index (χ3n) is 5.77. The molecule has 0 aromatic heterocycles. The average molecular weight is 417 g/mol. The Labute approximate surface area is 178 Å². The summed E-state index contributed by atoms with van der Waals surface area (Å²) in [4.78, 5) is 2.95. The summed E-state index contributed by atoms with van der Waals surface area (Å²) in [5.74, 6) is 2.62. The lowest BCUT2D eigenvalue weighted by Crippen LogP contribution is -2.03. The fourth-order valence-corrected chi connectivity index (χ4v) is 7.40. The maximum atomic E-state index is 6.20. The summed E-state index contributed by atoms with van der Waals surface area (Å²) in [6, 6.07) is 26.3. The summed E-state index contributed by atoms with van der Waals surface area (Å²) < 4.78 is 0. The summed E-state index contributed by atoms with van der Waals surface area (Å²) in [5, 5.41) is 3.58. The average Bonchev–Trinajstić information content (AvgIpc) is 3.10. The van der Waals surface area contributed by atoms with Crippen molar-refractivity contribution in [3.05, 3.63) is 94.5 Å². The first-order valence-corrected chi connectivity index (χ1v) is 11.9. The second-order valence-electron chi connectivity index (χ2n) is 7.26. The van der Waals surface area contributed by atoms with Gasteiger partial charge in [-0.05, 0) is 45.2 Å². The summed E-state index contributed by atoms with van der Waals surface area (Å²) >= 11 is 10.3. The van der Waals surface area contributed by atoms with Crippen LogP contribution in [0.1, 0.15) is 22.6 Å². The Morgan fingerprint density at radius 3 is 2.21 bits per heavy atom. The Hall–Kier alpha value is -1.87. The molecule has 3 heteroatoms. The minimum Gasteiger partial charge on any atom is -0.123 e. The Morgan fingerprint density at radius 1 is 0.714 bits per heavy atom. The largest absolute Gasteiger partial charge is 0.123 e. The van der Waals surface area contributed by atoms with Crippen LogP contribution >= 0.6 is 35.1 Å². The van der Waals surface area contributed by atoms with Crippen molar-refractivity contribution in [2.45, 2.75) is 15.7 Å². The van der Waals surface area contributed by atoms with Crippen LogP contribution in [0.4, 0.5) is 0 Å². The zero-order valence-corrected chi connectivity index (χ0v) is 17.5. The first-order valence-electron chi connectivity index (χ1n) is 9.52. The van der Waals surface area contributed by atoms with Crippen molar-refractivity contribution in [1.82, 2.24) is 0 Å². The zero-order chi connectivity index (χ0) is 18.7. The molecule has 1 heterocycles. The standard InChI is InChI=1S/C25H17ClS2/c26-16-11-9-15(10-12-16)21-17-5-1-2-6-18(17)23-22(21)19-7-3-4-8-20(19)24-25(23)28-14-13-27-24/h1-12,21H,13-14H2. The highest BCUT2D eigenvalue weighted by Crippen LogP contribution is 2.57. The van der Waals surface area contributed by atoms with Crippen molar-refractivity contribution in [1.29, 1.82) is 0 Å². The van der Waals surface area contributed by atoms with E-state index >= 15 is 0 Å². The number of hydrogen-bond donors (Lipinski definition) is 0. The van der Waals surface area contributed by atoms with E-state index in [9.17, 15) is 0 Å². The van der Waals surface area contributed by atoms with Gasteiger partial charge in [-0.25, -0.2) is 0 Å². The third-order valence-corrected chi connectivity index (χ3v) is 8.64. The highest BCUT2D eigenvalue weighted by molar-refractivity contribution is 8.05. The predicted octanol–water partition coefficient (Wildman–Crippen LogP) is 7.85. The van der Waals surface area contributed by atoms with Crippen molar-refractivity contribution >= 4 is 45.9 Å². The van der Waals surface area contributed by atoms with E-state index in [4.69, 9.17) is 11.6 Å². The van der Waals surface area contributed by atoms with Crippen LogP contribution in [0, 0.1) is 0 Å². The highest BCUT2D eigenvalue weighted by atomic mass is 35.5. The highest BCUT2D eigenvalue weighted by Gasteiger charge is 2.35.